The van der Waals surface area contributed by atoms with Gasteiger partial charge in [-0.1, -0.05) is 13.3 Å². The zero-order chi connectivity index (χ0) is 16.0. The van der Waals surface area contributed by atoms with Gasteiger partial charge in [0.15, 0.2) is 0 Å². The van der Waals surface area contributed by atoms with Crippen LogP contribution in [0.2, 0.25) is 0 Å². The molecule has 1 aromatic rings. The molecule has 0 aromatic heterocycles. The molecule has 0 aliphatic carbocycles. The standard InChI is InChI=1S/C13H20N2O5S/c1-3-4-9(8-20-2)15-12-6-5-10(21(14,18)19)7-11(12)13(16)17/h5-7,9,15H,3-4,8H2,1-2H3,(H,16,17)(H2,14,18,19). The summed E-state index contributed by atoms with van der Waals surface area (Å²) in [5.41, 5.74) is 0.198. The topological polar surface area (TPSA) is 119 Å². The number of benzene rings is 1. The molecule has 0 spiro atoms. The zero-order valence-corrected chi connectivity index (χ0v) is 12.8. The molecule has 1 unspecified atom stereocenters. The minimum atomic E-state index is -3.94. The van der Waals surface area contributed by atoms with Crippen LogP contribution in [0, 0.1) is 0 Å². The summed E-state index contributed by atoms with van der Waals surface area (Å²) in [5.74, 6) is -1.23. The molecule has 1 atom stereocenters. The molecule has 4 N–H and O–H groups in total. The summed E-state index contributed by atoms with van der Waals surface area (Å²) in [6, 6.07) is 3.68. The number of nitrogens with two attached hydrogens (primary N) is 1. The second-order valence-electron chi connectivity index (χ2n) is 4.64. The van der Waals surface area contributed by atoms with Crippen LogP contribution in [0.5, 0.6) is 0 Å². The Morgan fingerprint density at radius 2 is 2.14 bits per heavy atom. The second kappa shape index (κ2) is 7.39. The van der Waals surface area contributed by atoms with E-state index in [9.17, 15) is 18.3 Å². The van der Waals surface area contributed by atoms with Gasteiger partial charge < -0.3 is 15.2 Å². The van der Waals surface area contributed by atoms with E-state index in [1.807, 2.05) is 6.92 Å². The molecular formula is C13H20N2O5S. The number of carboxylic acid groups (broad SMARTS) is 1. The maximum Gasteiger partial charge on any atom is 0.337 e. The van der Waals surface area contributed by atoms with Crippen LogP contribution in [0.25, 0.3) is 0 Å². The van der Waals surface area contributed by atoms with Crippen molar-refractivity contribution in [2.75, 3.05) is 19.0 Å². The third-order valence-corrected chi connectivity index (χ3v) is 3.83. The van der Waals surface area contributed by atoms with Crippen molar-refractivity contribution < 1.29 is 23.1 Å². The van der Waals surface area contributed by atoms with Crippen LogP contribution in [-0.2, 0) is 14.8 Å². The van der Waals surface area contributed by atoms with Crippen molar-refractivity contribution in [2.24, 2.45) is 5.14 Å². The fraction of sp³-hybridized carbons (Fsp3) is 0.462. The molecule has 0 saturated carbocycles. The first-order valence-corrected chi connectivity index (χ1v) is 7.99. The number of hydrogen-bond acceptors (Lipinski definition) is 5. The molecule has 1 aromatic carbocycles. The molecule has 0 fully saturated rings. The highest BCUT2D eigenvalue weighted by atomic mass is 32.2. The molecule has 0 amide bonds. The van der Waals surface area contributed by atoms with Crippen LogP contribution in [0.1, 0.15) is 30.1 Å². The van der Waals surface area contributed by atoms with E-state index in [2.05, 4.69) is 5.32 Å². The van der Waals surface area contributed by atoms with E-state index < -0.39 is 16.0 Å². The molecular weight excluding hydrogens is 296 g/mol. The number of ether oxygens (including phenoxy) is 1. The summed E-state index contributed by atoms with van der Waals surface area (Å²) in [4.78, 5) is 11.1. The van der Waals surface area contributed by atoms with E-state index in [0.717, 1.165) is 18.9 Å². The predicted molar refractivity (Wildman–Crippen MR) is 79.0 cm³/mol. The van der Waals surface area contributed by atoms with Gasteiger partial charge in [0.1, 0.15) is 0 Å². The molecule has 8 heteroatoms. The van der Waals surface area contributed by atoms with Gasteiger partial charge >= 0.3 is 5.97 Å². The Morgan fingerprint density at radius 3 is 2.62 bits per heavy atom. The number of carboxylic acids is 1. The quantitative estimate of drug-likeness (QED) is 0.664. The molecule has 21 heavy (non-hydrogen) atoms. The van der Waals surface area contributed by atoms with Gasteiger partial charge in [-0.05, 0) is 24.6 Å². The smallest absolute Gasteiger partial charge is 0.337 e. The summed E-state index contributed by atoms with van der Waals surface area (Å²) in [6.45, 7) is 2.43. The lowest BCUT2D eigenvalue weighted by Gasteiger charge is -2.20. The summed E-state index contributed by atoms with van der Waals surface area (Å²) in [5, 5.41) is 17.3. The third-order valence-electron chi connectivity index (χ3n) is 2.91. The molecule has 0 saturated heterocycles. The van der Waals surface area contributed by atoms with E-state index >= 15 is 0 Å². The molecule has 0 heterocycles. The molecule has 0 bridgehead atoms. The summed E-state index contributed by atoms with van der Waals surface area (Å²) in [6.07, 6.45) is 1.70. The molecule has 118 valence electrons. The number of anilines is 1. The minimum absolute atomic E-state index is 0.0570. The van der Waals surface area contributed by atoms with Crippen molar-refractivity contribution in [1.29, 1.82) is 0 Å². The fourth-order valence-corrected chi connectivity index (χ4v) is 2.51. The van der Waals surface area contributed by atoms with Gasteiger partial charge in [0.2, 0.25) is 10.0 Å². The lowest BCUT2D eigenvalue weighted by atomic mass is 10.1. The zero-order valence-electron chi connectivity index (χ0n) is 12.0. The van der Waals surface area contributed by atoms with E-state index in [1.165, 1.54) is 12.1 Å². The number of methoxy groups -OCH3 is 1. The Kier molecular flexibility index (Phi) is 6.13. The number of hydrogen-bond donors (Lipinski definition) is 3. The average Bonchev–Trinajstić information content (AvgIpc) is 2.38. The lowest BCUT2D eigenvalue weighted by molar-refractivity contribution is 0.0697. The molecule has 0 aliphatic rings. The normalized spacial score (nSPS) is 12.9. The number of rotatable bonds is 8. The van der Waals surface area contributed by atoms with Gasteiger partial charge in [-0.2, -0.15) is 0 Å². The van der Waals surface area contributed by atoms with Crippen molar-refractivity contribution in [1.82, 2.24) is 0 Å². The maximum atomic E-state index is 11.3. The van der Waals surface area contributed by atoms with Gasteiger partial charge in [0, 0.05) is 18.8 Å². The first-order valence-electron chi connectivity index (χ1n) is 6.45. The van der Waals surface area contributed by atoms with Gasteiger partial charge in [0.05, 0.1) is 17.1 Å². The fourth-order valence-electron chi connectivity index (χ4n) is 1.97. The third kappa shape index (κ3) is 5.00. The number of nitrogens with one attached hydrogen (secondary N) is 1. The Morgan fingerprint density at radius 1 is 1.48 bits per heavy atom. The first-order chi connectivity index (χ1) is 9.79. The average molecular weight is 316 g/mol. The highest BCUT2D eigenvalue weighted by Crippen LogP contribution is 2.21. The van der Waals surface area contributed by atoms with Crippen LogP contribution >= 0.6 is 0 Å². The van der Waals surface area contributed by atoms with E-state index in [0.29, 0.717) is 12.3 Å². The number of sulfonamides is 1. The molecule has 0 radical (unpaired) electrons. The van der Waals surface area contributed by atoms with Crippen molar-refractivity contribution in [3.05, 3.63) is 23.8 Å². The van der Waals surface area contributed by atoms with Crippen LogP contribution in [0.3, 0.4) is 0 Å². The first kappa shape index (κ1) is 17.4. The van der Waals surface area contributed by atoms with E-state index in [-0.39, 0.29) is 16.5 Å². The van der Waals surface area contributed by atoms with Crippen molar-refractivity contribution in [2.45, 2.75) is 30.7 Å². The van der Waals surface area contributed by atoms with Gasteiger partial charge in [-0.15, -0.1) is 0 Å². The summed E-state index contributed by atoms with van der Waals surface area (Å²) >= 11 is 0. The van der Waals surface area contributed by atoms with Gasteiger partial charge in [0.25, 0.3) is 0 Å². The van der Waals surface area contributed by atoms with Crippen molar-refractivity contribution in [3.8, 4) is 0 Å². The highest BCUT2D eigenvalue weighted by molar-refractivity contribution is 7.89. The van der Waals surface area contributed by atoms with Crippen LogP contribution in [0.15, 0.2) is 23.1 Å². The Bertz CT molecular complexity index is 595. The Hall–Kier alpha value is -1.64. The molecule has 1 rings (SSSR count). The predicted octanol–water partition coefficient (Wildman–Crippen LogP) is 1.26. The highest BCUT2D eigenvalue weighted by Gasteiger charge is 2.18. The largest absolute Gasteiger partial charge is 0.478 e. The summed E-state index contributed by atoms with van der Waals surface area (Å²) < 4.78 is 27.7. The maximum absolute atomic E-state index is 11.3. The Labute approximate surface area is 124 Å². The van der Waals surface area contributed by atoms with Gasteiger partial charge in [-0.3, -0.25) is 0 Å². The Balaban J connectivity index is 3.14. The number of carbonyl (C=O) groups is 1. The van der Waals surface area contributed by atoms with Gasteiger partial charge in [-0.25, -0.2) is 18.4 Å². The molecule has 7 nitrogen and oxygen atoms in total. The SMILES string of the molecule is CCCC(COC)Nc1ccc(S(N)(=O)=O)cc1C(=O)O. The van der Waals surface area contributed by atoms with E-state index in [1.54, 1.807) is 7.11 Å². The lowest BCUT2D eigenvalue weighted by Crippen LogP contribution is -2.26. The second-order valence-corrected chi connectivity index (χ2v) is 6.20. The van der Waals surface area contributed by atoms with E-state index in [4.69, 9.17) is 9.88 Å². The summed E-state index contributed by atoms with van der Waals surface area (Å²) in [7, 11) is -2.38. The van der Waals surface area contributed by atoms with Crippen LogP contribution in [-0.4, -0.2) is 39.3 Å². The monoisotopic (exact) mass is 316 g/mol. The molecule has 0 aliphatic heterocycles. The minimum Gasteiger partial charge on any atom is -0.478 e. The van der Waals surface area contributed by atoms with Crippen molar-refractivity contribution in [3.63, 3.8) is 0 Å². The van der Waals surface area contributed by atoms with Crippen LogP contribution < -0.4 is 10.5 Å². The van der Waals surface area contributed by atoms with Crippen molar-refractivity contribution >= 4 is 21.7 Å². The number of aromatic carboxylic acids is 1. The van der Waals surface area contributed by atoms with Crippen LogP contribution in [0.4, 0.5) is 5.69 Å². The number of primary sulfonamides is 1.